The van der Waals surface area contributed by atoms with E-state index in [0.29, 0.717) is 13.0 Å². The highest BCUT2D eigenvalue weighted by Gasteiger charge is 2.18. The number of aliphatic carboxylic acids is 1. The van der Waals surface area contributed by atoms with E-state index in [0.717, 1.165) is 11.1 Å². The molecule has 0 saturated heterocycles. The van der Waals surface area contributed by atoms with E-state index in [2.05, 4.69) is 24.3 Å². The summed E-state index contributed by atoms with van der Waals surface area (Å²) in [4.78, 5) is 23.7. The Morgan fingerprint density at radius 1 is 0.917 bits per heavy atom. The molecule has 0 saturated carbocycles. The lowest BCUT2D eigenvalue weighted by Crippen LogP contribution is -2.38. The third kappa shape index (κ3) is 5.52. The Bertz CT molecular complexity index is 603. The van der Waals surface area contributed by atoms with Crippen LogP contribution < -0.4 is 5.73 Å². The van der Waals surface area contributed by atoms with Crippen LogP contribution in [0.1, 0.15) is 23.5 Å². The first-order valence-electron chi connectivity index (χ1n) is 7.88. The van der Waals surface area contributed by atoms with E-state index in [1.807, 2.05) is 36.4 Å². The van der Waals surface area contributed by atoms with Crippen molar-refractivity contribution in [3.05, 3.63) is 71.8 Å². The highest BCUT2D eigenvalue weighted by molar-refractivity contribution is 5.77. The van der Waals surface area contributed by atoms with E-state index in [-0.39, 0.29) is 19.0 Å². The first-order valence-corrected chi connectivity index (χ1v) is 7.88. The molecule has 0 bridgehead atoms. The van der Waals surface area contributed by atoms with Gasteiger partial charge in [-0.3, -0.25) is 14.5 Å². The summed E-state index contributed by atoms with van der Waals surface area (Å²) in [5.74, 6) is -1.35. The van der Waals surface area contributed by atoms with E-state index in [1.165, 1.54) is 0 Å². The molecular formula is C19H22N2O3. The predicted molar refractivity (Wildman–Crippen MR) is 92.6 cm³/mol. The van der Waals surface area contributed by atoms with E-state index >= 15 is 0 Å². The number of benzene rings is 2. The van der Waals surface area contributed by atoms with Crippen LogP contribution in [-0.2, 0) is 9.59 Å². The Morgan fingerprint density at radius 2 is 1.42 bits per heavy atom. The van der Waals surface area contributed by atoms with Gasteiger partial charge in [0.15, 0.2) is 0 Å². The maximum Gasteiger partial charge on any atom is 0.317 e. The molecule has 3 N–H and O–H groups in total. The van der Waals surface area contributed by atoms with Crippen molar-refractivity contribution in [2.45, 2.75) is 12.3 Å². The minimum Gasteiger partial charge on any atom is -0.480 e. The van der Waals surface area contributed by atoms with Gasteiger partial charge in [0.25, 0.3) is 0 Å². The molecule has 24 heavy (non-hydrogen) atoms. The van der Waals surface area contributed by atoms with E-state index in [4.69, 9.17) is 10.8 Å². The summed E-state index contributed by atoms with van der Waals surface area (Å²) in [6.07, 6.45) is 0.703. The molecule has 1 amide bonds. The fourth-order valence-electron chi connectivity index (χ4n) is 2.83. The van der Waals surface area contributed by atoms with Crippen LogP contribution in [0, 0.1) is 0 Å². The largest absolute Gasteiger partial charge is 0.480 e. The number of nitrogens with zero attached hydrogens (tertiary/aromatic N) is 1. The minimum absolute atomic E-state index is 0.0530. The van der Waals surface area contributed by atoms with Gasteiger partial charge in [0, 0.05) is 12.5 Å². The van der Waals surface area contributed by atoms with Gasteiger partial charge in [0.1, 0.15) is 0 Å². The maximum absolute atomic E-state index is 11.2. The number of hydrogen-bond donors (Lipinski definition) is 2. The topological polar surface area (TPSA) is 83.6 Å². The fourth-order valence-corrected chi connectivity index (χ4v) is 2.83. The van der Waals surface area contributed by atoms with Gasteiger partial charge in [-0.1, -0.05) is 60.7 Å². The molecule has 0 atom stereocenters. The van der Waals surface area contributed by atoms with E-state index < -0.39 is 11.9 Å². The number of carbonyl (C=O) groups is 2. The lowest BCUT2D eigenvalue weighted by molar-refractivity contribution is -0.138. The molecule has 2 rings (SSSR count). The van der Waals surface area contributed by atoms with Crippen molar-refractivity contribution in [1.82, 2.24) is 4.90 Å². The van der Waals surface area contributed by atoms with Gasteiger partial charge in [-0.15, -0.1) is 0 Å². The summed E-state index contributed by atoms with van der Waals surface area (Å²) in [6, 6.07) is 20.1. The minimum atomic E-state index is -0.966. The highest BCUT2D eigenvalue weighted by atomic mass is 16.4. The Labute approximate surface area is 141 Å². The lowest BCUT2D eigenvalue weighted by Gasteiger charge is -2.23. The van der Waals surface area contributed by atoms with Crippen LogP contribution in [0.4, 0.5) is 0 Å². The number of carbonyl (C=O) groups excluding carboxylic acids is 1. The van der Waals surface area contributed by atoms with Crippen molar-refractivity contribution in [2.75, 3.05) is 19.6 Å². The quantitative estimate of drug-likeness (QED) is 0.739. The second-order valence-electron chi connectivity index (χ2n) is 5.73. The number of hydrogen-bond acceptors (Lipinski definition) is 3. The molecular weight excluding hydrogens is 304 g/mol. The molecule has 5 heteroatoms. The van der Waals surface area contributed by atoms with Crippen molar-refractivity contribution in [1.29, 1.82) is 0 Å². The molecule has 0 spiro atoms. The van der Waals surface area contributed by atoms with Gasteiger partial charge >= 0.3 is 5.97 Å². The van der Waals surface area contributed by atoms with Crippen LogP contribution in [0.3, 0.4) is 0 Å². The molecule has 0 unspecified atom stereocenters. The van der Waals surface area contributed by atoms with Crippen LogP contribution >= 0.6 is 0 Å². The Balaban J connectivity index is 2.16. The van der Waals surface area contributed by atoms with Gasteiger partial charge in [-0.25, -0.2) is 0 Å². The van der Waals surface area contributed by atoms with E-state index in [9.17, 15) is 9.59 Å². The third-order valence-electron chi connectivity index (χ3n) is 3.88. The Kier molecular flexibility index (Phi) is 6.51. The molecule has 0 aromatic heterocycles. The van der Waals surface area contributed by atoms with Gasteiger partial charge in [-0.05, 0) is 17.5 Å². The van der Waals surface area contributed by atoms with Crippen molar-refractivity contribution in [3.8, 4) is 0 Å². The monoisotopic (exact) mass is 326 g/mol. The second-order valence-corrected chi connectivity index (χ2v) is 5.73. The second kappa shape index (κ2) is 8.84. The van der Waals surface area contributed by atoms with Gasteiger partial charge in [0.05, 0.1) is 13.1 Å². The predicted octanol–water partition coefficient (Wildman–Crippen LogP) is 2.08. The summed E-state index contributed by atoms with van der Waals surface area (Å²) in [7, 11) is 0. The Hall–Kier alpha value is -2.66. The molecule has 5 nitrogen and oxygen atoms in total. The summed E-state index contributed by atoms with van der Waals surface area (Å²) < 4.78 is 0. The summed E-state index contributed by atoms with van der Waals surface area (Å²) >= 11 is 0. The number of primary amides is 1. The first kappa shape index (κ1) is 17.7. The van der Waals surface area contributed by atoms with Gasteiger partial charge < -0.3 is 10.8 Å². The molecule has 0 radical (unpaired) electrons. The smallest absolute Gasteiger partial charge is 0.317 e. The normalized spacial score (nSPS) is 10.9. The van der Waals surface area contributed by atoms with Crippen LogP contribution in [0.25, 0.3) is 0 Å². The van der Waals surface area contributed by atoms with Crippen molar-refractivity contribution < 1.29 is 14.7 Å². The van der Waals surface area contributed by atoms with E-state index in [1.54, 1.807) is 4.90 Å². The maximum atomic E-state index is 11.2. The average Bonchev–Trinajstić information content (AvgIpc) is 2.56. The number of carboxylic acids is 1. The summed E-state index contributed by atoms with van der Waals surface area (Å²) in [6.45, 7) is 0.228. The molecule has 0 aliphatic rings. The summed E-state index contributed by atoms with van der Waals surface area (Å²) in [5, 5.41) is 9.00. The molecule has 0 aliphatic carbocycles. The van der Waals surface area contributed by atoms with Crippen molar-refractivity contribution in [2.24, 2.45) is 5.73 Å². The standard InChI is InChI=1S/C19H22N2O3/c20-18(22)13-21(14-19(23)24)12-11-17(15-7-3-1-4-8-15)16-9-5-2-6-10-16/h1-10,17H,11-14H2,(H2,20,22)(H,23,24). The number of nitrogens with two attached hydrogens (primary N) is 1. The van der Waals surface area contributed by atoms with Crippen molar-refractivity contribution in [3.63, 3.8) is 0 Å². The molecule has 2 aromatic carbocycles. The van der Waals surface area contributed by atoms with Crippen LogP contribution in [0.5, 0.6) is 0 Å². The van der Waals surface area contributed by atoms with Crippen molar-refractivity contribution >= 4 is 11.9 Å². The van der Waals surface area contributed by atoms with Gasteiger partial charge in [0.2, 0.25) is 5.91 Å². The third-order valence-corrected chi connectivity index (χ3v) is 3.88. The lowest BCUT2D eigenvalue weighted by atomic mass is 9.88. The number of carboxylic acid groups (broad SMARTS) is 1. The van der Waals surface area contributed by atoms with Gasteiger partial charge in [-0.2, -0.15) is 0 Å². The van der Waals surface area contributed by atoms with Crippen LogP contribution in [-0.4, -0.2) is 41.5 Å². The van der Waals surface area contributed by atoms with Crippen LogP contribution in [0.15, 0.2) is 60.7 Å². The average molecular weight is 326 g/mol. The number of rotatable bonds is 9. The molecule has 0 heterocycles. The Morgan fingerprint density at radius 3 is 1.83 bits per heavy atom. The number of amides is 1. The SMILES string of the molecule is NC(=O)CN(CCC(c1ccccc1)c1ccccc1)CC(=O)O. The molecule has 126 valence electrons. The van der Waals surface area contributed by atoms with Crippen LogP contribution in [0.2, 0.25) is 0 Å². The molecule has 2 aromatic rings. The molecule has 0 fully saturated rings. The zero-order chi connectivity index (χ0) is 17.4. The summed E-state index contributed by atoms with van der Waals surface area (Å²) in [5.41, 5.74) is 7.55. The highest BCUT2D eigenvalue weighted by Crippen LogP contribution is 2.28. The zero-order valence-corrected chi connectivity index (χ0v) is 13.5. The fraction of sp³-hybridized carbons (Fsp3) is 0.263. The zero-order valence-electron chi connectivity index (χ0n) is 13.5. The first-order chi connectivity index (χ1) is 11.6. The molecule has 0 aliphatic heterocycles.